The molecule has 0 bridgehead atoms. The van der Waals surface area contributed by atoms with Crippen LogP contribution in [0.2, 0.25) is 5.02 Å². The summed E-state index contributed by atoms with van der Waals surface area (Å²) >= 11 is 5.95. The minimum absolute atomic E-state index is 0.00480. The van der Waals surface area contributed by atoms with Gasteiger partial charge in [0.05, 0.1) is 26.8 Å². The molecule has 1 amide bonds. The van der Waals surface area contributed by atoms with E-state index in [0.717, 1.165) is 42.0 Å². The fraction of sp³-hybridized carbons (Fsp3) is 0.409. The van der Waals surface area contributed by atoms with Gasteiger partial charge in [-0.15, -0.1) is 0 Å². The summed E-state index contributed by atoms with van der Waals surface area (Å²) in [5.74, 6) is 1.64. The average molecular weight is 403 g/mol. The van der Waals surface area contributed by atoms with E-state index in [4.69, 9.17) is 21.1 Å². The molecule has 1 saturated heterocycles. The Morgan fingerprint density at radius 1 is 1.21 bits per heavy atom. The predicted octanol–water partition coefficient (Wildman–Crippen LogP) is 4.37. The Morgan fingerprint density at radius 2 is 1.96 bits per heavy atom. The van der Waals surface area contributed by atoms with Crippen molar-refractivity contribution in [3.63, 3.8) is 0 Å². The van der Waals surface area contributed by atoms with E-state index in [1.165, 1.54) is 0 Å². The molecule has 0 radical (unpaired) electrons. The van der Waals surface area contributed by atoms with Crippen LogP contribution in [-0.2, 0) is 4.79 Å². The Bertz CT molecular complexity index is 810. The van der Waals surface area contributed by atoms with Crippen molar-refractivity contribution in [2.45, 2.75) is 31.8 Å². The van der Waals surface area contributed by atoms with Gasteiger partial charge in [0.2, 0.25) is 5.91 Å². The first kappa shape index (κ1) is 20.5. The van der Waals surface area contributed by atoms with Gasteiger partial charge in [0.15, 0.2) is 0 Å². The van der Waals surface area contributed by atoms with E-state index < -0.39 is 0 Å². The molecule has 6 heteroatoms. The van der Waals surface area contributed by atoms with E-state index in [1.54, 1.807) is 14.2 Å². The van der Waals surface area contributed by atoms with E-state index in [0.29, 0.717) is 5.02 Å². The summed E-state index contributed by atoms with van der Waals surface area (Å²) in [6.07, 6.45) is 1.89. The van der Waals surface area contributed by atoms with E-state index in [9.17, 15) is 4.79 Å². The topological polar surface area (TPSA) is 50.8 Å². The number of nitrogens with zero attached hydrogens (tertiary/aromatic N) is 1. The second kappa shape index (κ2) is 9.30. The van der Waals surface area contributed by atoms with Crippen LogP contribution in [0.25, 0.3) is 0 Å². The molecule has 5 nitrogen and oxygen atoms in total. The van der Waals surface area contributed by atoms with Crippen molar-refractivity contribution in [2.75, 3.05) is 27.3 Å². The van der Waals surface area contributed by atoms with Crippen molar-refractivity contribution in [3.8, 4) is 11.5 Å². The van der Waals surface area contributed by atoms with Gasteiger partial charge in [-0.1, -0.05) is 23.7 Å². The highest BCUT2D eigenvalue weighted by Gasteiger charge is 2.32. The zero-order valence-electron chi connectivity index (χ0n) is 16.6. The number of carbonyl (C=O) groups is 1. The Morgan fingerprint density at radius 3 is 2.64 bits per heavy atom. The van der Waals surface area contributed by atoms with Crippen molar-refractivity contribution < 1.29 is 14.3 Å². The smallest absolute Gasteiger partial charge is 0.237 e. The summed E-state index contributed by atoms with van der Waals surface area (Å²) in [6, 6.07) is 13.5. The molecule has 1 fully saturated rings. The lowest BCUT2D eigenvalue weighted by Gasteiger charge is -2.27. The van der Waals surface area contributed by atoms with Gasteiger partial charge in [-0.05, 0) is 55.7 Å². The zero-order valence-corrected chi connectivity index (χ0v) is 17.3. The summed E-state index contributed by atoms with van der Waals surface area (Å²) in [7, 11) is 3.30. The number of methoxy groups -OCH3 is 2. The molecular formula is C22H27ClN2O3. The normalized spacial score (nSPS) is 17.4. The van der Waals surface area contributed by atoms with Gasteiger partial charge in [-0.25, -0.2) is 0 Å². The zero-order chi connectivity index (χ0) is 20.1. The number of amides is 1. The number of hydrogen-bond acceptors (Lipinski definition) is 4. The minimum Gasteiger partial charge on any atom is -0.497 e. The van der Waals surface area contributed by atoms with E-state index >= 15 is 0 Å². The van der Waals surface area contributed by atoms with Crippen LogP contribution in [0.4, 0.5) is 0 Å². The summed E-state index contributed by atoms with van der Waals surface area (Å²) in [4.78, 5) is 14.9. The molecule has 0 unspecified atom stereocenters. The van der Waals surface area contributed by atoms with Gasteiger partial charge in [0, 0.05) is 23.2 Å². The quantitative estimate of drug-likeness (QED) is 0.747. The highest BCUT2D eigenvalue weighted by atomic mass is 35.5. The molecule has 28 heavy (non-hydrogen) atoms. The molecule has 0 spiro atoms. The summed E-state index contributed by atoms with van der Waals surface area (Å²) in [5.41, 5.74) is 2.10. The van der Waals surface area contributed by atoms with Gasteiger partial charge in [0.1, 0.15) is 11.5 Å². The van der Waals surface area contributed by atoms with Gasteiger partial charge in [-0.3, -0.25) is 4.79 Å². The molecule has 2 aromatic rings. The van der Waals surface area contributed by atoms with Crippen LogP contribution in [0, 0.1) is 0 Å². The van der Waals surface area contributed by atoms with Crippen LogP contribution >= 0.6 is 11.6 Å². The minimum atomic E-state index is 0.00480. The third kappa shape index (κ3) is 4.59. The number of nitrogens with one attached hydrogen (secondary N) is 1. The van der Waals surface area contributed by atoms with Gasteiger partial charge in [-0.2, -0.15) is 0 Å². The number of benzene rings is 2. The number of halogens is 1. The van der Waals surface area contributed by atoms with E-state index in [-0.39, 0.29) is 24.5 Å². The maximum atomic E-state index is 12.9. The lowest BCUT2D eigenvalue weighted by molar-refractivity contribution is -0.131. The summed E-state index contributed by atoms with van der Waals surface area (Å²) in [6.45, 7) is 3.08. The van der Waals surface area contributed by atoms with Crippen LogP contribution in [0.15, 0.2) is 42.5 Å². The molecule has 1 aliphatic rings. The molecule has 0 aromatic heterocycles. The van der Waals surface area contributed by atoms with Gasteiger partial charge >= 0.3 is 0 Å². The SMILES string of the molecule is COc1ccc(OC)c([C@@H]2CCCN2C(=O)CN[C@@H](C)c2ccc(Cl)cc2)c1. The second-order valence-corrected chi connectivity index (χ2v) is 7.44. The molecule has 150 valence electrons. The predicted molar refractivity (Wildman–Crippen MR) is 111 cm³/mol. The van der Waals surface area contributed by atoms with Crippen molar-refractivity contribution in [3.05, 3.63) is 58.6 Å². The summed E-state index contributed by atoms with van der Waals surface area (Å²) < 4.78 is 10.9. The Hall–Kier alpha value is -2.24. The van der Waals surface area contributed by atoms with Crippen LogP contribution in [0.3, 0.4) is 0 Å². The maximum absolute atomic E-state index is 12.9. The van der Waals surface area contributed by atoms with Crippen LogP contribution in [0.5, 0.6) is 11.5 Å². The Kier molecular flexibility index (Phi) is 6.81. The van der Waals surface area contributed by atoms with Crippen molar-refractivity contribution >= 4 is 17.5 Å². The van der Waals surface area contributed by atoms with Crippen molar-refractivity contribution in [1.29, 1.82) is 0 Å². The second-order valence-electron chi connectivity index (χ2n) is 7.01. The third-order valence-electron chi connectivity index (χ3n) is 5.30. The molecule has 2 atom stereocenters. The van der Waals surface area contributed by atoms with E-state index in [2.05, 4.69) is 5.32 Å². The van der Waals surface area contributed by atoms with Crippen molar-refractivity contribution in [1.82, 2.24) is 10.2 Å². The highest BCUT2D eigenvalue weighted by Crippen LogP contribution is 2.38. The van der Waals surface area contributed by atoms with Crippen molar-refractivity contribution in [2.24, 2.45) is 0 Å². The van der Waals surface area contributed by atoms with Crippen LogP contribution in [0.1, 0.15) is 43.0 Å². The van der Waals surface area contributed by atoms with Crippen LogP contribution < -0.4 is 14.8 Å². The number of ether oxygens (including phenoxy) is 2. The maximum Gasteiger partial charge on any atom is 0.237 e. The first-order valence-electron chi connectivity index (χ1n) is 9.53. The monoisotopic (exact) mass is 402 g/mol. The lowest BCUT2D eigenvalue weighted by Crippen LogP contribution is -2.38. The fourth-order valence-corrected chi connectivity index (χ4v) is 3.83. The van der Waals surface area contributed by atoms with E-state index in [1.807, 2.05) is 54.3 Å². The molecule has 1 N–H and O–H groups in total. The Labute approximate surface area is 171 Å². The van der Waals surface area contributed by atoms with Crippen LogP contribution in [-0.4, -0.2) is 38.1 Å². The molecule has 2 aromatic carbocycles. The molecule has 3 rings (SSSR count). The number of hydrogen-bond donors (Lipinski definition) is 1. The molecule has 1 aliphatic heterocycles. The van der Waals surface area contributed by atoms with Gasteiger partial charge < -0.3 is 19.7 Å². The first-order chi connectivity index (χ1) is 13.5. The standard InChI is InChI=1S/C22H27ClN2O3/c1-15(16-6-8-17(23)9-7-16)24-14-22(26)25-12-4-5-20(25)19-13-18(27-2)10-11-21(19)28-3/h6-11,13,15,20,24H,4-5,12,14H2,1-3H3/t15-,20-/m0/s1. The molecule has 1 heterocycles. The largest absolute Gasteiger partial charge is 0.497 e. The number of rotatable bonds is 7. The molecule has 0 aliphatic carbocycles. The summed E-state index contributed by atoms with van der Waals surface area (Å²) in [5, 5.41) is 4.04. The third-order valence-corrected chi connectivity index (χ3v) is 5.55. The van der Waals surface area contributed by atoms with Gasteiger partial charge in [0.25, 0.3) is 0 Å². The first-order valence-corrected chi connectivity index (χ1v) is 9.91. The molecular weight excluding hydrogens is 376 g/mol. The number of carbonyl (C=O) groups excluding carboxylic acids is 1. The fourth-order valence-electron chi connectivity index (χ4n) is 3.70. The average Bonchev–Trinajstić information content (AvgIpc) is 3.21. The lowest BCUT2D eigenvalue weighted by atomic mass is 10.0. The Balaban J connectivity index is 1.69. The number of likely N-dealkylation sites (tertiary alicyclic amines) is 1. The molecule has 0 saturated carbocycles. The highest BCUT2D eigenvalue weighted by molar-refractivity contribution is 6.30.